The van der Waals surface area contributed by atoms with Crippen LogP contribution in [0.15, 0.2) is 67.0 Å². The molecule has 0 amide bonds. The van der Waals surface area contributed by atoms with Gasteiger partial charge in [-0.15, -0.1) is 0 Å². The van der Waals surface area contributed by atoms with Crippen LogP contribution in [0.25, 0.3) is 6.08 Å². The number of ketones is 1. The van der Waals surface area contributed by atoms with Crippen molar-refractivity contribution in [3.63, 3.8) is 0 Å². The van der Waals surface area contributed by atoms with Gasteiger partial charge < -0.3 is 9.84 Å². The summed E-state index contributed by atoms with van der Waals surface area (Å²) in [6, 6.07) is 14.6. The molecular weight excluding hydrogens is 316 g/mol. The van der Waals surface area contributed by atoms with E-state index in [1.54, 1.807) is 18.3 Å². The minimum absolute atomic E-state index is 0.00483. The molecular formula is C20H18N2O3. The summed E-state index contributed by atoms with van der Waals surface area (Å²) in [6.07, 6.45) is 6.80. The molecule has 0 saturated heterocycles. The van der Waals surface area contributed by atoms with Crippen LogP contribution in [0.2, 0.25) is 0 Å². The van der Waals surface area contributed by atoms with E-state index in [4.69, 9.17) is 4.74 Å². The number of ether oxygens (including phenoxy) is 1. The summed E-state index contributed by atoms with van der Waals surface area (Å²) in [7, 11) is 1.44. The van der Waals surface area contributed by atoms with E-state index in [-0.39, 0.29) is 17.3 Å². The van der Waals surface area contributed by atoms with E-state index >= 15 is 0 Å². The third kappa shape index (κ3) is 4.14. The zero-order valence-corrected chi connectivity index (χ0v) is 13.8. The Morgan fingerprint density at radius 1 is 1.24 bits per heavy atom. The number of hydrogen-bond donors (Lipinski definition) is 1. The Kier molecular flexibility index (Phi) is 4.95. The molecule has 0 spiro atoms. The maximum absolute atomic E-state index is 12.2. The molecule has 1 N–H and O–H groups in total. The Bertz CT molecular complexity index is 898. The number of nitrogens with zero attached hydrogens (tertiary/aromatic N) is 2. The highest BCUT2D eigenvalue weighted by atomic mass is 16.5. The van der Waals surface area contributed by atoms with Crippen LogP contribution in [0.3, 0.4) is 0 Å². The van der Waals surface area contributed by atoms with Crippen molar-refractivity contribution in [2.24, 2.45) is 0 Å². The molecule has 0 fully saturated rings. The minimum atomic E-state index is -0.172. The number of allylic oxidation sites excluding steroid dienone is 1. The number of rotatable bonds is 6. The number of phenols is 1. The van der Waals surface area contributed by atoms with Crippen molar-refractivity contribution >= 4 is 11.9 Å². The smallest absolute Gasteiger partial charge is 0.185 e. The average molecular weight is 334 g/mol. The Morgan fingerprint density at radius 2 is 2.04 bits per heavy atom. The lowest BCUT2D eigenvalue weighted by molar-refractivity contribution is 0.104. The molecule has 126 valence electrons. The number of carbonyl (C=O) groups is 1. The summed E-state index contributed by atoms with van der Waals surface area (Å²) in [5.74, 6) is 0.106. The van der Waals surface area contributed by atoms with Crippen molar-refractivity contribution in [2.75, 3.05) is 7.11 Å². The summed E-state index contributed by atoms with van der Waals surface area (Å²) < 4.78 is 6.84. The van der Waals surface area contributed by atoms with Crippen LogP contribution in [0, 0.1) is 0 Å². The van der Waals surface area contributed by atoms with Gasteiger partial charge in [0.25, 0.3) is 0 Å². The van der Waals surface area contributed by atoms with Crippen LogP contribution < -0.4 is 4.74 Å². The van der Waals surface area contributed by atoms with E-state index in [1.165, 1.54) is 25.3 Å². The molecule has 0 aliphatic rings. The van der Waals surface area contributed by atoms with Crippen LogP contribution >= 0.6 is 0 Å². The molecule has 0 aliphatic heterocycles. The monoisotopic (exact) mass is 334 g/mol. The van der Waals surface area contributed by atoms with Gasteiger partial charge in [0.15, 0.2) is 17.3 Å². The third-order valence-electron chi connectivity index (χ3n) is 3.73. The molecule has 1 aromatic heterocycles. The average Bonchev–Trinajstić information content (AvgIpc) is 3.08. The second kappa shape index (κ2) is 7.49. The largest absolute Gasteiger partial charge is 0.504 e. The molecule has 0 bridgehead atoms. The van der Waals surface area contributed by atoms with Gasteiger partial charge in [-0.25, -0.2) is 0 Å². The van der Waals surface area contributed by atoms with Gasteiger partial charge in [0.05, 0.1) is 19.9 Å². The van der Waals surface area contributed by atoms with Gasteiger partial charge in [0.1, 0.15) is 0 Å². The van der Waals surface area contributed by atoms with Crippen LogP contribution in [0.1, 0.15) is 21.5 Å². The summed E-state index contributed by atoms with van der Waals surface area (Å²) in [5, 5.41) is 13.9. The van der Waals surface area contributed by atoms with Gasteiger partial charge >= 0.3 is 0 Å². The number of carbonyl (C=O) groups excluding carboxylic acids is 1. The molecule has 3 rings (SSSR count). The van der Waals surface area contributed by atoms with Gasteiger partial charge in [-0.2, -0.15) is 5.10 Å². The van der Waals surface area contributed by atoms with Crippen molar-refractivity contribution in [1.29, 1.82) is 0 Å². The quantitative estimate of drug-likeness (QED) is 0.553. The molecule has 2 aromatic carbocycles. The van der Waals surface area contributed by atoms with Crippen molar-refractivity contribution in [3.05, 3.63) is 83.7 Å². The summed E-state index contributed by atoms with van der Waals surface area (Å²) in [5.41, 5.74) is 2.45. The molecule has 3 aromatic rings. The maximum Gasteiger partial charge on any atom is 0.185 e. The topological polar surface area (TPSA) is 64.3 Å². The van der Waals surface area contributed by atoms with E-state index in [9.17, 15) is 9.90 Å². The number of benzene rings is 2. The second-order valence-electron chi connectivity index (χ2n) is 5.54. The first kappa shape index (κ1) is 16.5. The highest BCUT2D eigenvalue weighted by Gasteiger charge is 2.07. The van der Waals surface area contributed by atoms with Crippen molar-refractivity contribution in [3.8, 4) is 11.5 Å². The molecule has 5 nitrogen and oxygen atoms in total. The fourth-order valence-corrected chi connectivity index (χ4v) is 2.42. The highest BCUT2D eigenvalue weighted by Crippen LogP contribution is 2.26. The molecule has 0 radical (unpaired) electrons. The van der Waals surface area contributed by atoms with Crippen molar-refractivity contribution in [1.82, 2.24) is 9.78 Å². The molecule has 0 unspecified atom stereocenters. The number of phenolic OH excluding ortho intramolecular Hbond substituents is 1. The number of aromatic nitrogens is 2. The summed E-state index contributed by atoms with van der Waals surface area (Å²) in [6.45, 7) is 0.678. The van der Waals surface area contributed by atoms with Gasteiger partial charge in [0.2, 0.25) is 0 Å². The Morgan fingerprint density at radius 3 is 2.80 bits per heavy atom. The fourth-order valence-electron chi connectivity index (χ4n) is 2.42. The number of aromatic hydroxyl groups is 1. The van der Waals surface area contributed by atoms with Gasteiger partial charge in [-0.1, -0.05) is 30.3 Å². The zero-order valence-electron chi connectivity index (χ0n) is 13.8. The lowest BCUT2D eigenvalue weighted by Gasteiger charge is -2.04. The Labute approximate surface area is 145 Å². The molecule has 0 saturated carbocycles. The molecule has 1 heterocycles. The van der Waals surface area contributed by atoms with E-state index in [1.807, 2.05) is 41.2 Å². The standard InChI is InChI=1S/C20H18N2O3/c1-25-20-11-17(8-10-19(20)24)18(23)9-7-16-12-21-22(14-16)13-15-5-3-2-4-6-15/h2-12,14,24H,13H2,1H3. The SMILES string of the molecule is COc1cc(C(=O)C=Cc2cnn(Cc3ccccc3)c2)ccc1O. The van der Waals surface area contributed by atoms with Crippen LogP contribution in [-0.2, 0) is 6.54 Å². The lowest BCUT2D eigenvalue weighted by Crippen LogP contribution is -1.99. The Hall–Kier alpha value is -3.34. The predicted molar refractivity (Wildman–Crippen MR) is 95.8 cm³/mol. The zero-order chi connectivity index (χ0) is 17.6. The first-order valence-corrected chi connectivity index (χ1v) is 7.81. The van der Waals surface area contributed by atoms with E-state index < -0.39 is 0 Å². The van der Waals surface area contributed by atoms with Gasteiger partial charge in [-0.05, 0) is 35.9 Å². The number of methoxy groups -OCH3 is 1. The summed E-state index contributed by atoms with van der Waals surface area (Å²) in [4.78, 5) is 12.2. The van der Waals surface area contributed by atoms with E-state index in [2.05, 4.69) is 5.10 Å². The summed E-state index contributed by atoms with van der Waals surface area (Å²) >= 11 is 0. The maximum atomic E-state index is 12.2. The predicted octanol–water partition coefficient (Wildman–Crippen LogP) is 3.54. The highest BCUT2D eigenvalue weighted by molar-refractivity contribution is 6.07. The minimum Gasteiger partial charge on any atom is -0.504 e. The van der Waals surface area contributed by atoms with Gasteiger partial charge in [-0.3, -0.25) is 9.48 Å². The Balaban J connectivity index is 1.69. The van der Waals surface area contributed by atoms with E-state index in [0.717, 1.165) is 11.1 Å². The molecule has 25 heavy (non-hydrogen) atoms. The van der Waals surface area contributed by atoms with Crippen LogP contribution in [-0.4, -0.2) is 27.8 Å². The second-order valence-corrected chi connectivity index (χ2v) is 5.54. The fraction of sp³-hybridized carbons (Fsp3) is 0.100. The van der Waals surface area contributed by atoms with Gasteiger partial charge in [0, 0.05) is 17.3 Å². The lowest BCUT2D eigenvalue weighted by atomic mass is 10.1. The third-order valence-corrected chi connectivity index (χ3v) is 3.73. The van der Waals surface area contributed by atoms with Crippen molar-refractivity contribution < 1.29 is 14.6 Å². The van der Waals surface area contributed by atoms with Crippen molar-refractivity contribution in [2.45, 2.75) is 6.54 Å². The first-order valence-electron chi connectivity index (χ1n) is 7.81. The van der Waals surface area contributed by atoms with Crippen LogP contribution in [0.5, 0.6) is 11.5 Å². The number of hydrogen-bond acceptors (Lipinski definition) is 4. The molecule has 0 aliphatic carbocycles. The molecule has 5 heteroatoms. The van der Waals surface area contributed by atoms with Crippen LogP contribution in [0.4, 0.5) is 0 Å². The molecule has 0 atom stereocenters. The first-order chi connectivity index (χ1) is 12.2. The van der Waals surface area contributed by atoms with E-state index in [0.29, 0.717) is 12.1 Å². The normalized spacial score (nSPS) is 10.9.